The quantitative estimate of drug-likeness (QED) is 0.855. The molecule has 2 aromatic rings. The van der Waals surface area contributed by atoms with Crippen molar-refractivity contribution in [1.82, 2.24) is 14.9 Å². The minimum Gasteiger partial charge on any atom is -0.352 e. The smallest absolute Gasteiger partial charge is 0.243 e. The number of aromatic nitrogens is 2. The van der Waals surface area contributed by atoms with Crippen LogP contribution in [0.5, 0.6) is 0 Å². The number of hydrogen-bond donors (Lipinski definition) is 2. The van der Waals surface area contributed by atoms with Crippen molar-refractivity contribution in [3.63, 3.8) is 0 Å². The second-order valence-electron chi connectivity index (χ2n) is 4.92. The summed E-state index contributed by atoms with van der Waals surface area (Å²) in [6.45, 7) is 1.85. The van der Waals surface area contributed by atoms with Crippen LogP contribution in [0.15, 0.2) is 18.2 Å². The normalized spacial score (nSPS) is 16.5. The monoisotopic (exact) mass is 295 g/mol. The van der Waals surface area contributed by atoms with Crippen LogP contribution in [0.3, 0.4) is 0 Å². The Bertz CT molecular complexity index is 701. The van der Waals surface area contributed by atoms with Gasteiger partial charge in [-0.3, -0.25) is 4.79 Å². The van der Waals surface area contributed by atoms with Crippen LogP contribution in [0.2, 0.25) is 5.02 Å². The molecule has 4 nitrogen and oxygen atoms in total. The molecule has 1 fully saturated rings. The van der Waals surface area contributed by atoms with Gasteiger partial charge in [0.05, 0.1) is 11.0 Å². The van der Waals surface area contributed by atoms with E-state index in [1.54, 1.807) is 6.07 Å². The van der Waals surface area contributed by atoms with E-state index >= 15 is 0 Å². The second kappa shape index (κ2) is 4.65. The number of fused-ring (bicyclic) bond motifs is 1. The molecule has 0 spiro atoms. The van der Waals surface area contributed by atoms with Gasteiger partial charge in [-0.1, -0.05) is 11.6 Å². The van der Waals surface area contributed by atoms with Crippen LogP contribution in [0.25, 0.3) is 11.0 Å². The average Bonchev–Trinajstić information content (AvgIpc) is 3.10. The topological polar surface area (TPSA) is 49.8 Å². The van der Waals surface area contributed by atoms with E-state index in [0.717, 1.165) is 23.9 Å². The Kier molecular flexibility index (Phi) is 3.11. The number of hydrogen-bond acceptors (Lipinski definition) is 2. The molecule has 1 heterocycles. The summed E-state index contributed by atoms with van der Waals surface area (Å²) in [5.74, 6) is -0.000486. The Morgan fingerprint density at radius 1 is 1.58 bits per heavy atom. The minimum absolute atomic E-state index is 0.000486. The lowest BCUT2D eigenvalue weighted by Gasteiger charge is -2.14. The first-order valence-corrected chi connectivity index (χ1v) is 7.05. The molecule has 2 N–H and O–H groups in total. The third kappa shape index (κ3) is 2.40. The molecule has 1 aliphatic rings. The third-order valence-corrected chi connectivity index (χ3v) is 3.90. The highest BCUT2D eigenvalue weighted by molar-refractivity contribution is 7.71. The van der Waals surface area contributed by atoms with Crippen LogP contribution in [-0.4, -0.2) is 21.5 Å². The summed E-state index contributed by atoms with van der Waals surface area (Å²) in [6, 6.07) is 5.49. The van der Waals surface area contributed by atoms with E-state index in [1.165, 1.54) is 0 Å². The maximum atomic E-state index is 12.1. The van der Waals surface area contributed by atoms with Gasteiger partial charge >= 0.3 is 0 Å². The van der Waals surface area contributed by atoms with Crippen LogP contribution in [0.1, 0.15) is 25.8 Å². The van der Waals surface area contributed by atoms with Gasteiger partial charge in [-0.05, 0) is 50.2 Å². The Hall–Kier alpha value is -1.33. The van der Waals surface area contributed by atoms with Crippen molar-refractivity contribution in [2.75, 3.05) is 0 Å². The molecule has 6 heteroatoms. The van der Waals surface area contributed by atoms with Gasteiger partial charge < -0.3 is 14.9 Å². The van der Waals surface area contributed by atoms with Crippen molar-refractivity contribution < 1.29 is 4.79 Å². The summed E-state index contributed by atoms with van der Waals surface area (Å²) in [7, 11) is 0. The summed E-state index contributed by atoms with van der Waals surface area (Å²) in [4.78, 5) is 15.2. The Balaban J connectivity index is 2.02. The molecule has 1 saturated carbocycles. The predicted molar refractivity (Wildman–Crippen MR) is 78.0 cm³/mol. The number of amides is 1. The maximum Gasteiger partial charge on any atom is 0.243 e. The minimum atomic E-state index is -0.347. The number of carbonyl (C=O) groups excluding carboxylic acids is 1. The molecular formula is C13H14ClN3OS. The fourth-order valence-electron chi connectivity index (χ4n) is 2.15. The molecule has 100 valence electrons. The van der Waals surface area contributed by atoms with E-state index in [9.17, 15) is 4.79 Å². The van der Waals surface area contributed by atoms with Crippen LogP contribution in [0.4, 0.5) is 0 Å². The highest BCUT2D eigenvalue weighted by Gasteiger charge is 2.27. The van der Waals surface area contributed by atoms with E-state index in [1.807, 2.05) is 23.6 Å². The van der Waals surface area contributed by atoms with Crippen molar-refractivity contribution >= 4 is 40.8 Å². The molecule has 0 radical (unpaired) electrons. The summed E-state index contributed by atoms with van der Waals surface area (Å²) in [5, 5.41) is 3.63. The van der Waals surface area contributed by atoms with Gasteiger partial charge in [0.25, 0.3) is 0 Å². The zero-order chi connectivity index (χ0) is 13.6. The number of rotatable bonds is 3. The number of benzene rings is 1. The fourth-order valence-corrected chi connectivity index (χ4v) is 2.68. The molecule has 1 amide bonds. The number of carbonyl (C=O) groups is 1. The summed E-state index contributed by atoms with van der Waals surface area (Å²) in [5.41, 5.74) is 1.75. The lowest BCUT2D eigenvalue weighted by atomic mass is 10.2. The number of halogens is 1. The first-order valence-electron chi connectivity index (χ1n) is 6.26. The largest absolute Gasteiger partial charge is 0.352 e. The maximum absolute atomic E-state index is 12.1. The molecule has 1 unspecified atom stereocenters. The molecule has 1 aliphatic carbocycles. The van der Waals surface area contributed by atoms with Gasteiger partial charge in [0.1, 0.15) is 6.04 Å². The zero-order valence-electron chi connectivity index (χ0n) is 10.4. The summed E-state index contributed by atoms with van der Waals surface area (Å²) in [6.07, 6.45) is 2.15. The van der Waals surface area contributed by atoms with Crippen molar-refractivity contribution in [3.8, 4) is 0 Å². The molecular weight excluding hydrogens is 282 g/mol. The number of aromatic amines is 1. The number of imidazole rings is 1. The highest BCUT2D eigenvalue weighted by atomic mass is 35.5. The first kappa shape index (κ1) is 12.7. The molecule has 0 bridgehead atoms. The number of nitrogens with one attached hydrogen (secondary N) is 2. The number of H-pyrrole nitrogens is 1. The predicted octanol–water partition coefficient (Wildman–Crippen LogP) is 3.19. The Morgan fingerprint density at radius 2 is 2.32 bits per heavy atom. The lowest BCUT2D eigenvalue weighted by Crippen LogP contribution is -2.32. The SMILES string of the molecule is CC(C(=O)NC1CC1)n1c(=S)[nH]c2ccc(Cl)cc21. The summed E-state index contributed by atoms with van der Waals surface area (Å²) < 4.78 is 2.35. The van der Waals surface area contributed by atoms with E-state index in [-0.39, 0.29) is 11.9 Å². The Morgan fingerprint density at radius 3 is 3.00 bits per heavy atom. The lowest BCUT2D eigenvalue weighted by molar-refractivity contribution is -0.123. The van der Waals surface area contributed by atoms with Crippen LogP contribution < -0.4 is 5.32 Å². The zero-order valence-corrected chi connectivity index (χ0v) is 12.0. The van der Waals surface area contributed by atoms with E-state index in [4.69, 9.17) is 23.8 Å². The van der Waals surface area contributed by atoms with Crippen molar-refractivity contribution in [3.05, 3.63) is 28.0 Å². The van der Waals surface area contributed by atoms with Gasteiger partial charge in [-0.25, -0.2) is 0 Å². The average molecular weight is 296 g/mol. The molecule has 1 aromatic heterocycles. The standard InChI is InChI=1S/C13H14ClN3OS/c1-7(12(18)15-9-3-4-9)17-11-6-8(14)2-5-10(11)16-13(17)19/h2,5-7,9H,3-4H2,1H3,(H,15,18)(H,16,19). The van der Waals surface area contributed by atoms with E-state index in [0.29, 0.717) is 15.8 Å². The van der Waals surface area contributed by atoms with Crippen molar-refractivity contribution in [1.29, 1.82) is 0 Å². The van der Waals surface area contributed by atoms with Crippen LogP contribution >= 0.6 is 23.8 Å². The van der Waals surface area contributed by atoms with Crippen LogP contribution in [-0.2, 0) is 4.79 Å². The highest BCUT2D eigenvalue weighted by Crippen LogP contribution is 2.24. The van der Waals surface area contributed by atoms with Gasteiger partial charge in [0.2, 0.25) is 5.91 Å². The van der Waals surface area contributed by atoms with Crippen LogP contribution in [0, 0.1) is 4.77 Å². The first-order chi connectivity index (χ1) is 9.06. The van der Waals surface area contributed by atoms with Gasteiger partial charge in [-0.2, -0.15) is 0 Å². The molecule has 1 aromatic carbocycles. The molecule has 0 aliphatic heterocycles. The Labute approximate surface area is 120 Å². The molecule has 3 rings (SSSR count). The van der Waals surface area contributed by atoms with E-state index < -0.39 is 0 Å². The number of nitrogens with zero attached hydrogens (tertiary/aromatic N) is 1. The van der Waals surface area contributed by atoms with Gasteiger partial charge in [-0.15, -0.1) is 0 Å². The summed E-state index contributed by atoms with van der Waals surface area (Å²) >= 11 is 11.3. The van der Waals surface area contributed by atoms with Gasteiger partial charge in [0.15, 0.2) is 4.77 Å². The second-order valence-corrected chi connectivity index (χ2v) is 5.74. The fraction of sp³-hybridized carbons (Fsp3) is 0.385. The third-order valence-electron chi connectivity index (χ3n) is 3.37. The van der Waals surface area contributed by atoms with E-state index in [2.05, 4.69) is 10.3 Å². The molecule has 0 saturated heterocycles. The molecule has 1 atom stereocenters. The molecule has 19 heavy (non-hydrogen) atoms. The van der Waals surface area contributed by atoms with Gasteiger partial charge in [0, 0.05) is 11.1 Å². The van der Waals surface area contributed by atoms with Crippen molar-refractivity contribution in [2.45, 2.75) is 31.8 Å². The van der Waals surface area contributed by atoms with Crippen molar-refractivity contribution in [2.24, 2.45) is 0 Å².